The lowest BCUT2D eigenvalue weighted by Crippen LogP contribution is -2.25. The Morgan fingerprint density at radius 3 is 2.55 bits per heavy atom. The molecule has 22 heavy (non-hydrogen) atoms. The highest BCUT2D eigenvalue weighted by Crippen LogP contribution is 2.24. The second kappa shape index (κ2) is 6.62. The number of rotatable bonds is 4. The van der Waals surface area contributed by atoms with Gasteiger partial charge in [-0.1, -0.05) is 36.6 Å². The summed E-state index contributed by atoms with van der Waals surface area (Å²) in [6.45, 7) is 7.36. The molecular weight excluding hydrogens is 268 g/mol. The van der Waals surface area contributed by atoms with E-state index >= 15 is 0 Å². The van der Waals surface area contributed by atoms with Gasteiger partial charge in [0.2, 0.25) is 0 Å². The Bertz CT molecular complexity index is 655. The molecule has 0 unspecified atom stereocenters. The van der Waals surface area contributed by atoms with Crippen molar-refractivity contribution in [1.29, 1.82) is 0 Å². The largest absolute Gasteiger partial charge is 0.310 e. The highest BCUT2D eigenvalue weighted by atomic mass is 14.9. The van der Waals surface area contributed by atoms with Gasteiger partial charge in [-0.05, 0) is 56.9 Å². The van der Waals surface area contributed by atoms with E-state index in [1.165, 1.54) is 47.9 Å². The molecule has 1 aliphatic carbocycles. The summed E-state index contributed by atoms with van der Waals surface area (Å²) in [6.07, 6.45) is 5.40. The van der Waals surface area contributed by atoms with Crippen LogP contribution in [0, 0.1) is 20.8 Å². The smallest absolute Gasteiger partial charge is 0.0708 e. The van der Waals surface area contributed by atoms with E-state index in [2.05, 4.69) is 56.4 Å². The molecule has 0 atom stereocenters. The quantitative estimate of drug-likeness (QED) is 0.883. The minimum atomic E-state index is 0.707. The third kappa shape index (κ3) is 3.38. The molecule has 1 saturated carbocycles. The highest BCUT2D eigenvalue weighted by molar-refractivity contribution is 5.64. The molecule has 116 valence electrons. The fraction of sp³-hybridized carbons (Fsp3) is 0.450. The number of pyridine rings is 1. The van der Waals surface area contributed by atoms with Crippen LogP contribution in [0.5, 0.6) is 0 Å². The Labute approximate surface area is 134 Å². The van der Waals surface area contributed by atoms with E-state index in [1.807, 2.05) is 0 Å². The lowest BCUT2D eigenvalue weighted by Gasteiger charge is -2.14. The zero-order valence-electron chi connectivity index (χ0n) is 13.9. The van der Waals surface area contributed by atoms with Gasteiger partial charge in [-0.25, -0.2) is 0 Å². The summed E-state index contributed by atoms with van der Waals surface area (Å²) in [7, 11) is 0. The zero-order chi connectivity index (χ0) is 15.5. The second-order valence-corrected chi connectivity index (χ2v) is 6.62. The van der Waals surface area contributed by atoms with Gasteiger partial charge in [-0.2, -0.15) is 0 Å². The van der Waals surface area contributed by atoms with Crippen LogP contribution >= 0.6 is 0 Å². The number of hydrogen-bond donors (Lipinski definition) is 1. The molecule has 1 aliphatic rings. The Balaban J connectivity index is 1.77. The standard InChI is InChI=1S/C20H26N2/c1-14-8-9-15(2)19(12-14)20-11-10-17(16(3)22-20)13-21-18-6-4-5-7-18/h8-12,18,21H,4-7,13H2,1-3H3. The zero-order valence-corrected chi connectivity index (χ0v) is 13.9. The van der Waals surface area contributed by atoms with E-state index in [9.17, 15) is 0 Å². The molecule has 1 aromatic heterocycles. The van der Waals surface area contributed by atoms with Gasteiger partial charge in [-0.15, -0.1) is 0 Å². The van der Waals surface area contributed by atoms with Gasteiger partial charge in [0.15, 0.2) is 0 Å². The van der Waals surface area contributed by atoms with Crippen molar-refractivity contribution in [3.05, 3.63) is 52.7 Å². The van der Waals surface area contributed by atoms with Gasteiger partial charge < -0.3 is 5.32 Å². The first-order valence-electron chi connectivity index (χ1n) is 8.41. The van der Waals surface area contributed by atoms with Crippen molar-refractivity contribution in [2.45, 2.75) is 59.0 Å². The summed E-state index contributed by atoms with van der Waals surface area (Å²) in [4.78, 5) is 4.85. The number of hydrogen-bond acceptors (Lipinski definition) is 2. The summed E-state index contributed by atoms with van der Waals surface area (Å²) in [5.41, 5.74) is 7.37. The van der Waals surface area contributed by atoms with Crippen molar-refractivity contribution in [3.8, 4) is 11.3 Å². The molecule has 0 aliphatic heterocycles. The molecule has 1 aromatic carbocycles. The fourth-order valence-corrected chi connectivity index (χ4v) is 3.32. The van der Waals surface area contributed by atoms with Crippen molar-refractivity contribution in [3.63, 3.8) is 0 Å². The Hall–Kier alpha value is -1.67. The molecular formula is C20H26N2. The van der Waals surface area contributed by atoms with Gasteiger partial charge in [0.05, 0.1) is 5.69 Å². The molecule has 0 spiro atoms. The SMILES string of the molecule is Cc1ccc(C)c(-c2ccc(CNC3CCCC3)c(C)n2)c1. The van der Waals surface area contributed by atoms with Crippen molar-refractivity contribution < 1.29 is 0 Å². The number of nitrogens with one attached hydrogen (secondary N) is 1. The van der Waals surface area contributed by atoms with E-state index in [0.717, 1.165) is 17.9 Å². The molecule has 2 nitrogen and oxygen atoms in total. The van der Waals surface area contributed by atoms with Gasteiger partial charge >= 0.3 is 0 Å². The maximum Gasteiger partial charge on any atom is 0.0708 e. The second-order valence-electron chi connectivity index (χ2n) is 6.62. The summed E-state index contributed by atoms with van der Waals surface area (Å²) < 4.78 is 0. The maximum atomic E-state index is 4.85. The Kier molecular flexibility index (Phi) is 4.58. The number of aryl methyl sites for hydroxylation is 3. The van der Waals surface area contributed by atoms with Crippen LogP contribution in [0.2, 0.25) is 0 Å². The van der Waals surface area contributed by atoms with E-state index in [-0.39, 0.29) is 0 Å². The van der Waals surface area contributed by atoms with E-state index in [0.29, 0.717) is 6.04 Å². The van der Waals surface area contributed by atoms with E-state index < -0.39 is 0 Å². The monoisotopic (exact) mass is 294 g/mol. The van der Waals surface area contributed by atoms with Crippen LogP contribution < -0.4 is 5.32 Å². The first kappa shape index (κ1) is 15.2. The van der Waals surface area contributed by atoms with Crippen molar-refractivity contribution >= 4 is 0 Å². The molecule has 1 heterocycles. The first-order chi connectivity index (χ1) is 10.6. The summed E-state index contributed by atoms with van der Waals surface area (Å²) in [5.74, 6) is 0. The van der Waals surface area contributed by atoms with Crippen LogP contribution in [0.25, 0.3) is 11.3 Å². The molecule has 2 aromatic rings. The van der Waals surface area contributed by atoms with Crippen LogP contribution in [0.4, 0.5) is 0 Å². The van der Waals surface area contributed by atoms with Crippen LogP contribution in [-0.2, 0) is 6.54 Å². The minimum Gasteiger partial charge on any atom is -0.310 e. The minimum absolute atomic E-state index is 0.707. The average Bonchev–Trinajstić information content (AvgIpc) is 3.02. The van der Waals surface area contributed by atoms with Crippen molar-refractivity contribution in [1.82, 2.24) is 10.3 Å². The van der Waals surface area contributed by atoms with Crippen molar-refractivity contribution in [2.24, 2.45) is 0 Å². The number of aromatic nitrogens is 1. The molecule has 1 fully saturated rings. The van der Waals surface area contributed by atoms with Gasteiger partial charge in [-0.3, -0.25) is 4.98 Å². The van der Waals surface area contributed by atoms with Crippen LogP contribution in [-0.4, -0.2) is 11.0 Å². The molecule has 0 bridgehead atoms. The van der Waals surface area contributed by atoms with E-state index in [4.69, 9.17) is 4.98 Å². The third-order valence-electron chi connectivity index (χ3n) is 4.80. The molecule has 2 heteroatoms. The van der Waals surface area contributed by atoms with Gasteiger partial charge in [0.25, 0.3) is 0 Å². The Morgan fingerprint density at radius 2 is 1.82 bits per heavy atom. The normalized spacial score (nSPS) is 15.4. The average molecular weight is 294 g/mol. The first-order valence-corrected chi connectivity index (χ1v) is 8.41. The van der Waals surface area contributed by atoms with Crippen molar-refractivity contribution in [2.75, 3.05) is 0 Å². The van der Waals surface area contributed by atoms with Gasteiger partial charge in [0, 0.05) is 23.8 Å². The summed E-state index contributed by atoms with van der Waals surface area (Å²) in [6, 6.07) is 11.7. The topological polar surface area (TPSA) is 24.9 Å². The third-order valence-corrected chi connectivity index (χ3v) is 4.80. The number of nitrogens with zero attached hydrogens (tertiary/aromatic N) is 1. The molecule has 0 saturated heterocycles. The van der Waals surface area contributed by atoms with Gasteiger partial charge in [0.1, 0.15) is 0 Å². The van der Waals surface area contributed by atoms with Crippen LogP contribution in [0.15, 0.2) is 30.3 Å². The molecule has 1 N–H and O–H groups in total. The lowest BCUT2D eigenvalue weighted by molar-refractivity contribution is 0.522. The van der Waals surface area contributed by atoms with E-state index in [1.54, 1.807) is 0 Å². The summed E-state index contributed by atoms with van der Waals surface area (Å²) in [5, 5.41) is 3.68. The maximum absolute atomic E-state index is 4.85. The predicted molar refractivity (Wildman–Crippen MR) is 93.0 cm³/mol. The predicted octanol–water partition coefficient (Wildman–Crippen LogP) is 4.71. The molecule has 0 amide bonds. The van der Waals surface area contributed by atoms with Crippen LogP contribution in [0.1, 0.15) is 48.1 Å². The lowest BCUT2D eigenvalue weighted by atomic mass is 10.0. The molecule has 0 radical (unpaired) electrons. The molecule has 3 rings (SSSR count). The number of benzene rings is 1. The highest BCUT2D eigenvalue weighted by Gasteiger charge is 2.14. The Morgan fingerprint density at radius 1 is 1.05 bits per heavy atom. The van der Waals surface area contributed by atoms with Crippen LogP contribution in [0.3, 0.4) is 0 Å². The summed E-state index contributed by atoms with van der Waals surface area (Å²) >= 11 is 0. The fourth-order valence-electron chi connectivity index (χ4n) is 3.32.